The van der Waals surface area contributed by atoms with E-state index in [1.807, 2.05) is 24.2 Å². The van der Waals surface area contributed by atoms with Gasteiger partial charge in [0.05, 0.1) is 11.1 Å². The zero-order valence-corrected chi connectivity index (χ0v) is 10.8. The van der Waals surface area contributed by atoms with Gasteiger partial charge in [0, 0.05) is 4.08 Å². The average molecular weight is 327 g/mol. The molecule has 0 saturated carbocycles. The standard InChI is InChI=1S/C11H8IN2S/c12-5-8-6-15-11-9-3-1-2-4-10(9)13-7-14(8)11/h1-5,7H,6H2/q+1. The van der Waals surface area contributed by atoms with Gasteiger partial charge in [-0.1, -0.05) is 23.9 Å². The van der Waals surface area contributed by atoms with Gasteiger partial charge in [0.25, 0.3) is 6.33 Å². The summed E-state index contributed by atoms with van der Waals surface area (Å²) in [5.74, 6) is 1.04. The minimum atomic E-state index is 1.04. The predicted molar refractivity (Wildman–Crippen MR) is 71.0 cm³/mol. The van der Waals surface area contributed by atoms with Gasteiger partial charge in [-0.05, 0) is 39.7 Å². The van der Waals surface area contributed by atoms with Crippen LogP contribution < -0.4 is 4.57 Å². The van der Waals surface area contributed by atoms with Crippen LogP contribution in [-0.2, 0) is 0 Å². The number of hydrogen-bond donors (Lipinski definition) is 0. The molecule has 0 spiro atoms. The number of fused-ring (bicyclic) bond motifs is 3. The lowest BCUT2D eigenvalue weighted by Gasteiger charge is -1.97. The molecule has 74 valence electrons. The Bertz CT molecular complexity index is 566. The predicted octanol–water partition coefficient (Wildman–Crippen LogP) is 2.86. The van der Waals surface area contributed by atoms with Gasteiger partial charge in [-0.2, -0.15) is 4.57 Å². The van der Waals surface area contributed by atoms with Gasteiger partial charge in [0.2, 0.25) is 0 Å². The van der Waals surface area contributed by atoms with Crippen molar-refractivity contribution in [2.45, 2.75) is 5.03 Å². The normalized spacial score (nSPS) is 17.3. The first-order valence-electron chi connectivity index (χ1n) is 4.62. The van der Waals surface area contributed by atoms with Crippen LogP contribution in [0.15, 0.2) is 39.7 Å². The molecule has 2 heterocycles. The van der Waals surface area contributed by atoms with E-state index in [2.05, 4.69) is 54.4 Å². The van der Waals surface area contributed by atoms with E-state index >= 15 is 0 Å². The molecule has 2 nitrogen and oxygen atoms in total. The minimum Gasteiger partial charge on any atom is -0.192 e. The third-order valence-corrected chi connectivity index (χ3v) is 4.31. The Morgan fingerprint density at radius 3 is 3.13 bits per heavy atom. The van der Waals surface area contributed by atoms with Crippen molar-refractivity contribution in [2.24, 2.45) is 0 Å². The highest BCUT2D eigenvalue weighted by molar-refractivity contribution is 14.1. The first-order chi connectivity index (χ1) is 7.40. The first-order valence-corrected chi connectivity index (χ1v) is 6.85. The fourth-order valence-electron chi connectivity index (χ4n) is 1.72. The van der Waals surface area contributed by atoms with E-state index in [9.17, 15) is 0 Å². The molecule has 3 rings (SSSR count). The van der Waals surface area contributed by atoms with Crippen molar-refractivity contribution in [1.82, 2.24) is 4.98 Å². The second kappa shape index (κ2) is 3.75. The largest absolute Gasteiger partial charge is 0.292 e. The van der Waals surface area contributed by atoms with Crippen molar-refractivity contribution in [3.63, 3.8) is 0 Å². The fraction of sp³-hybridized carbons (Fsp3) is 0.0909. The fourth-order valence-corrected chi connectivity index (χ4v) is 3.67. The Labute approximate surface area is 106 Å². The van der Waals surface area contributed by atoms with Crippen LogP contribution in [0.5, 0.6) is 0 Å². The lowest BCUT2D eigenvalue weighted by molar-refractivity contribution is -0.618. The maximum atomic E-state index is 4.46. The third-order valence-electron chi connectivity index (χ3n) is 2.46. The molecule has 2 aromatic rings. The van der Waals surface area contributed by atoms with Crippen LogP contribution in [0.3, 0.4) is 0 Å². The molecule has 0 radical (unpaired) electrons. The summed E-state index contributed by atoms with van der Waals surface area (Å²) in [6.07, 6.45) is 1.92. The van der Waals surface area contributed by atoms with Gasteiger partial charge in [0.15, 0.2) is 10.5 Å². The van der Waals surface area contributed by atoms with Crippen LogP contribution in [0, 0.1) is 0 Å². The number of nitrogens with zero attached hydrogens (tertiary/aromatic N) is 2. The van der Waals surface area contributed by atoms with Gasteiger partial charge in [0.1, 0.15) is 5.70 Å². The minimum absolute atomic E-state index is 1.04. The summed E-state index contributed by atoms with van der Waals surface area (Å²) in [5, 5.41) is 2.56. The maximum absolute atomic E-state index is 4.46. The summed E-state index contributed by atoms with van der Waals surface area (Å²) in [4.78, 5) is 4.46. The Hall–Kier alpha value is -0.620. The highest BCUT2D eigenvalue weighted by atomic mass is 127. The van der Waals surface area contributed by atoms with E-state index in [1.165, 1.54) is 16.1 Å². The van der Waals surface area contributed by atoms with E-state index in [-0.39, 0.29) is 0 Å². The quantitative estimate of drug-likeness (QED) is 0.420. The van der Waals surface area contributed by atoms with E-state index in [0.717, 1.165) is 11.3 Å². The highest BCUT2D eigenvalue weighted by Gasteiger charge is 2.24. The van der Waals surface area contributed by atoms with Crippen molar-refractivity contribution in [3.05, 3.63) is 34.7 Å². The van der Waals surface area contributed by atoms with Crippen molar-refractivity contribution < 1.29 is 4.57 Å². The van der Waals surface area contributed by atoms with Crippen LogP contribution in [0.4, 0.5) is 0 Å². The zero-order valence-electron chi connectivity index (χ0n) is 7.85. The zero-order chi connectivity index (χ0) is 10.3. The number of aromatic nitrogens is 2. The van der Waals surface area contributed by atoms with Gasteiger partial charge in [-0.3, -0.25) is 0 Å². The highest BCUT2D eigenvalue weighted by Crippen LogP contribution is 2.30. The summed E-state index contributed by atoms with van der Waals surface area (Å²) in [7, 11) is 0. The Morgan fingerprint density at radius 2 is 2.27 bits per heavy atom. The molecule has 1 aromatic heterocycles. The monoisotopic (exact) mass is 327 g/mol. The average Bonchev–Trinajstić information content (AvgIpc) is 2.72. The molecule has 15 heavy (non-hydrogen) atoms. The Kier molecular flexibility index (Phi) is 2.40. The lowest BCUT2D eigenvalue weighted by atomic mass is 10.2. The summed E-state index contributed by atoms with van der Waals surface area (Å²) in [6.45, 7) is 0. The van der Waals surface area contributed by atoms with Gasteiger partial charge < -0.3 is 0 Å². The Morgan fingerprint density at radius 1 is 1.40 bits per heavy atom. The molecule has 0 atom stereocenters. The van der Waals surface area contributed by atoms with Crippen molar-refractivity contribution in [3.8, 4) is 0 Å². The van der Waals surface area contributed by atoms with Crippen molar-refractivity contribution >= 4 is 51.0 Å². The maximum Gasteiger partial charge on any atom is 0.292 e. The summed E-state index contributed by atoms with van der Waals surface area (Å²) in [6, 6.07) is 8.29. The van der Waals surface area contributed by atoms with Gasteiger partial charge >= 0.3 is 0 Å². The number of benzene rings is 1. The van der Waals surface area contributed by atoms with E-state index < -0.39 is 0 Å². The molecule has 0 amide bonds. The molecule has 1 aliphatic rings. The summed E-state index contributed by atoms with van der Waals surface area (Å²) < 4.78 is 4.30. The number of para-hydroxylation sites is 1. The number of rotatable bonds is 0. The molecule has 0 unspecified atom stereocenters. The van der Waals surface area contributed by atoms with Gasteiger partial charge in [-0.15, -0.1) is 0 Å². The molecule has 1 aliphatic heterocycles. The van der Waals surface area contributed by atoms with Crippen molar-refractivity contribution in [2.75, 3.05) is 5.75 Å². The summed E-state index contributed by atoms with van der Waals surface area (Å²) >= 11 is 4.17. The SMILES string of the molecule is IC=C1CSc2c3ccccc3nc[n+]21. The van der Waals surface area contributed by atoms with Crippen LogP contribution >= 0.6 is 34.4 Å². The number of halogens is 1. The van der Waals surface area contributed by atoms with E-state index in [0.29, 0.717) is 0 Å². The van der Waals surface area contributed by atoms with Crippen molar-refractivity contribution in [1.29, 1.82) is 0 Å². The molecular weight excluding hydrogens is 319 g/mol. The van der Waals surface area contributed by atoms with E-state index in [1.54, 1.807) is 0 Å². The van der Waals surface area contributed by atoms with E-state index in [4.69, 9.17) is 0 Å². The van der Waals surface area contributed by atoms with Crippen LogP contribution in [0.25, 0.3) is 16.6 Å². The Balaban J connectivity index is 2.37. The summed E-state index contributed by atoms with van der Waals surface area (Å²) in [5.41, 5.74) is 2.39. The molecule has 0 bridgehead atoms. The number of hydrogen-bond acceptors (Lipinski definition) is 2. The second-order valence-corrected chi connectivity index (χ2v) is 4.91. The smallest absolute Gasteiger partial charge is 0.192 e. The van der Waals surface area contributed by atoms with Crippen LogP contribution in [0.1, 0.15) is 0 Å². The molecule has 0 N–H and O–H groups in total. The third kappa shape index (κ3) is 1.47. The van der Waals surface area contributed by atoms with Crippen LogP contribution in [0.2, 0.25) is 0 Å². The molecule has 1 aromatic carbocycles. The number of thioether (sulfide) groups is 1. The second-order valence-electron chi connectivity index (χ2n) is 3.33. The van der Waals surface area contributed by atoms with Crippen LogP contribution in [-0.4, -0.2) is 10.7 Å². The molecule has 0 aliphatic carbocycles. The van der Waals surface area contributed by atoms with Gasteiger partial charge in [-0.25, -0.2) is 0 Å². The molecule has 0 fully saturated rings. The molecule has 4 heteroatoms. The molecular formula is C11H8IN2S+. The lowest BCUT2D eigenvalue weighted by Crippen LogP contribution is -2.31. The topological polar surface area (TPSA) is 16.8 Å². The first kappa shape index (κ1) is 9.59. The molecule has 0 saturated heterocycles.